The van der Waals surface area contributed by atoms with E-state index in [0.717, 1.165) is 51.4 Å². The van der Waals surface area contributed by atoms with E-state index in [1.807, 2.05) is 6.08 Å². The maximum atomic E-state index is 12.5. The number of ether oxygens (including phenoxy) is 1. The molecule has 2 atom stereocenters. The average Bonchev–Trinajstić information content (AvgIpc) is 3.46. The van der Waals surface area contributed by atoms with Gasteiger partial charge in [-0.25, -0.2) is 0 Å². The van der Waals surface area contributed by atoms with E-state index in [4.69, 9.17) is 4.74 Å². The fraction of sp³-hybridized carbons (Fsp3) is 0.865. The Labute approximate surface area is 499 Å². The number of aliphatic hydroxyl groups is 2. The van der Waals surface area contributed by atoms with E-state index in [9.17, 15) is 19.8 Å². The number of nitrogens with one attached hydrogen (secondary N) is 1. The minimum atomic E-state index is -0.842. The van der Waals surface area contributed by atoms with Crippen LogP contribution in [0.3, 0.4) is 0 Å². The number of hydrogen-bond acceptors (Lipinski definition) is 5. The largest absolute Gasteiger partial charge is 0.466 e. The Morgan fingerprint density at radius 2 is 0.625 bits per heavy atom. The first kappa shape index (κ1) is 77.8. The third-order valence-electron chi connectivity index (χ3n) is 16.6. The molecule has 6 nitrogen and oxygen atoms in total. The number of carbonyl (C=O) groups excluding carboxylic acids is 2. The second-order valence-electron chi connectivity index (χ2n) is 24.6. The minimum absolute atomic E-state index is 0.0107. The number of amides is 1. The second-order valence-corrected chi connectivity index (χ2v) is 24.6. The summed E-state index contributed by atoms with van der Waals surface area (Å²) in [5, 5.41) is 23.1. The molecule has 0 saturated heterocycles. The van der Waals surface area contributed by atoms with Gasteiger partial charge >= 0.3 is 5.97 Å². The van der Waals surface area contributed by atoms with Crippen LogP contribution in [0, 0.1) is 0 Å². The van der Waals surface area contributed by atoms with Crippen LogP contribution in [0.1, 0.15) is 386 Å². The number of aliphatic hydroxyl groups excluding tert-OH is 2. The van der Waals surface area contributed by atoms with Gasteiger partial charge in [0.25, 0.3) is 0 Å². The predicted molar refractivity (Wildman–Crippen MR) is 352 cm³/mol. The van der Waals surface area contributed by atoms with Crippen molar-refractivity contribution in [2.75, 3.05) is 13.2 Å². The molecule has 0 saturated carbocycles. The van der Waals surface area contributed by atoms with Gasteiger partial charge < -0.3 is 20.3 Å². The van der Waals surface area contributed by atoms with Crippen molar-refractivity contribution >= 4 is 11.9 Å². The lowest BCUT2D eigenvalue weighted by atomic mass is 10.0. The van der Waals surface area contributed by atoms with Crippen molar-refractivity contribution in [3.63, 3.8) is 0 Å². The van der Waals surface area contributed by atoms with Crippen molar-refractivity contribution < 1.29 is 24.5 Å². The SMILES string of the molecule is CCCCCC/C=C\C/C=C\CCCCCCCCCC(=O)OCCCCCCCCCCCCCC/C=C\CCCCCCCCCCCCCCCCCCC(=O)NC(CO)C(O)/C=C/CCCCCCCCCCCCC. The van der Waals surface area contributed by atoms with Crippen molar-refractivity contribution in [2.24, 2.45) is 0 Å². The highest BCUT2D eigenvalue weighted by Crippen LogP contribution is 2.18. The molecule has 0 fully saturated rings. The standard InChI is InChI=1S/C74H139NO5/c1-3-5-7-9-11-13-15-17-18-19-37-40-44-48-52-56-60-64-68-74(79)80-69-65-61-57-53-49-45-41-38-35-33-31-29-27-25-23-21-20-22-24-26-28-30-32-34-36-39-43-47-51-55-59-63-67-73(78)75-71(70-76)72(77)66-62-58-54-50-46-42-16-14-12-10-8-6-4-2/h13,15,18-19,23,25,62,66,71-72,76-77H,3-12,14,16-17,20-22,24,26-61,63-65,67-70H2,1-2H3,(H,75,78)/b15-13-,19-18-,25-23-,66-62+. The zero-order valence-electron chi connectivity index (χ0n) is 53.8. The van der Waals surface area contributed by atoms with Gasteiger partial charge in [0.05, 0.1) is 25.4 Å². The first-order valence-corrected chi connectivity index (χ1v) is 35.9. The summed E-state index contributed by atoms with van der Waals surface area (Å²) in [4.78, 5) is 24.6. The third-order valence-corrected chi connectivity index (χ3v) is 16.6. The third kappa shape index (κ3) is 65.0. The Morgan fingerprint density at radius 3 is 0.975 bits per heavy atom. The zero-order chi connectivity index (χ0) is 57.8. The van der Waals surface area contributed by atoms with Crippen LogP contribution in [0.5, 0.6) is 0 Å². The molecule has 1 amide bonds. The first-order valence-electron chi connectivity index (χ1n) is 35.9. The predicted octanol–water partition coefficient (Wildman–Crippen LogP) is 23.3. The monoisotopic (exact) mass is 1120 g/mol. The Kier molecular flexibility index (Phi) is 67.4. The van der Waals surface area contributed by atoms with Gasteiger partial charge in [0.1, 0.15) is 0 Å². The van der Waals surface area contributed by atoms with Crippen LogP contribution in [0.4, 0.5) is 0 Å². The Bertz CT molecular complexity index is 1340. The molecule has 3 N–H and O–H groups in total. The molecule has 0 bridgehead atoms. The molecule has 0 rings (SSSR count). The Balaban J connectivity index is 3.36. The maximum absolute atomic E-state index is 12.5. The van der Waals surface area contributed by atoms with Crippen molar-refractivity contribution in [3.05, 3.63) is 48.6 Å². The summed E-state index contributed by atoms with van der Waals surface area (Å²) >= 11 is 0. The summed E-state index contributed by atoms with van der Waals surface area (Å²) in [6, 6.07) is -0.626. The number of carbonyl (C=O) groups is 2. The van der Waals surface area contributed by atoms with Crippen LogP contribution in [0.15, 0.2) is 48.6 Å². The van der Waals surface area contributed by atoms with Crippen LogP contribution in [-0.4, -0.2) is 47.4 Å². The van der Waals surface area contributed by atoms with Gasteiger partial charge in [-0.2, -0.15) is 0 Å². The van der Waals surface area contributed by atoms with Gasteiger partial charge in [0, 0.05) is 12.8 Å². The highest BCUT2D eigenvalue weighted by Gasteiger charge is 2.18. The summed E-state index contributed by atoms with van der Waals surface area (Å²) in [5.74, 6) is -0.0538. The lowest BCUT2D eigenvalue weighted by Gasteiger charge is -2.20. The van der Waals surface area contributed by atoms with Gasteiger partial charge in [-0.3, -0.25) is 9.59 Å². The Hall–Kier alpha value is -2.18. The highest BCUT2D eigenvalue weighted by atomic mass is 16.5. The molecule has 0 aliphatic heterocycles. The molecule has 80 heavy (non-hydrogen) atoms. The molecule has 0 heterocycles. The highest BCUT2D eigenvalue weighted by molar-refractivity contribution is 5.76. The van der Waals surface area contributed by atoms with Crippen LogP contribution in [0.25, 0.3) is 0 Å². The second kappa shape index (κ2) is 69.3. The lowest BCUT2D eigenvalue weighted by Crippen LogP contribution is -2.45. The van der Waals surface area contributed by atoms with E-state index in [-0.39, 0.29) is 18.5 Å². The fourth-order valence-corrected chi connectivity index (χ4v) is 11.1. The molecule has 0 spiro atoms. The number of hydrogen-bond donors (Lipinski definition) is 3. The minimum Gasteiger partial charge on any atom is -0.466 e. The normalized spacial score (nSPS) is 12.8. The van der Waals surface area contributed by atoms with Crippen LogP contribution >= 0.6 is 0 Å². The van der Waals surface area contributed by atoms with E-state index in [1.165, 1.54) is 308 Å². The number of allylic oxidation sites excluding steroid dienone is 7. The molecular weight excluding hydrogens is 983 g/mol. The van der Waals surface area contributed by atoms with Crippen molar-refractivity contribution in [2.45, 2.75) is 398 Å². The quantitative estimate of drug-likeness (QED) is 0.0320. The molecule has 470 valence electrons. The number of esters is 1. The Morgan fingerprint density at radius 1 is 0.350 bits per heavy atom. The molecule has 0 aromatic rings. The van der Waals surface area contributed by atoms with Gasteiger partial charge in [-0.1, -0.05) is 332 Å². The molecule has 0 aromatic heterocycles. The van der Waals surface area contributed by atoms with Crippen molar-refractivity contribution in [3.8, 4) is 0 Å². The van der Waals surface area contributed by atoms with Crippen LogP contribution in [-0.2, 0) is 14.3 Å². The number of rotatable bonds is 67. The van der Waals surface area contributed by atoms with E-state index >= 15 is 0 Å². The van der Waals surface area contributed by atoms with Crippen LogP contribution < -0.4 is 5.32 Å². The summed E-state index contributed by atoms with van der Waals surface area (Å²) in [6.07, 6.45) is 90.6. The molecule has 6 heteroatoms. The summed E-state index contributed by atoms with van der Waals surface area (Å²) < 4.78 is 5.50. The molecule has 0 aromatic carbocycles. The molecule has 2 unspecified atom stereocenters. The summed E-state index contributed by atoms with van der Waals surface area (Å²) in [7, 11) is 0. The molecule has 0 radical (unpaired) electrons. The summed E-state index contributed by atoms with van der Waals surface area (Å²) in [6.45, 7) is 4.90. The van der Waals surface area contributed by atoms with Crippen molar-refractivity contribution in [1.29, 1.82) is 0 Å². The fourth-order valence-electron chi connectivity index (χ4n) is 11.1. The van der Waals surface area contributed by atoms with Crippen molar-refractivity contribution in [1.82, 2.24) is 5.32 Å². The molecule has 0 aliphatic carbocycles. The van der Waals surface area contributed by atoms with E-state index in [1.54, 1.807) is 6.08 Å². The van der Waals surface area contributed by atoms with Gasteiger partial charge in [0.15, 0.2) is 0 Å². The van der Waals surface area contributed by atoms with E-state index in [2.05, 4.69) is 55.6 Å². The van der Waals surface area contributed by atoms with Gasteiger partial charge in [-0.15, -0.1) is 0 Å². The van der Waals surface area contributed by atoms with Gasteiger partial charge in [-0.05, 0) is 89.9 Å². The van der Waals surface area contributed by atoms with Crippen LogP contribution in [0.2, 0.25) is 0 Å². The van der Waals surface area contributed by atoms with Gasteiger partial charge in [0.2, 0.25) is 5.91 Å². The number of unbranched alkanes of at least 4 members (excludes halogenated alkanes) is 50. The topological polar surface area (TPSA) is 95.9 Å². The van der Waals surface area contributed by atoms with E-state index < -0.39 is 12.1 Å². The lowest BCUT2D eigenvalue weighted by molar-refractivity contribution is -0.143. The zero-order valence-corrected chi connectivity index (χ0v) is 53.8. The first-order chi connectivity index (χ1) is 39.5. The molecular formula is C74H139NO5. The average molecular weight is 1120 g/mol. The maximum Gasteiger partial charge on any atom is 0.305 e. The van der Waals surface area contributed by atoms with E-state index in [0.29, 0.717) is 19.4 Å². The smallest absolute Gasteiger partial charge is 0.305 e. The molecule has 0 aliphatic rings. The summed E-state index contributed by atoms with van der Waals surface area (Å²) in [5.41, 5.74) is 0.